The fourth-order valence-electron chi connectivity index (χ4n) is 2.36. The maximum absolute atomic E-state index is 12.8. The maximum Gasteiger partial charge on any atom is 0.394 e. The van der Waals surface area contributed by atoms with Crippen LogP contribution in [0.4, 0.5) is 13.2 Å². The standard InChI is InChI=1S/C12H13F3N2O4/c1-6-2-7(16-21-6)3-10(18)17-4-8(11(19)20)9(5-17)12(13,14)15/h2,8-9H,3-5H2,1H3,(H,19,20)/t8-,9-/m1/s1. The summed E-state index contributed by atoms with van der Waals surface area (Å²) in [6, 6.07) is 1.50. The van der Waals surface area contributed by atoms with Gasteiger partial charge in [-0.15, -0.1) is 0 Å². The predicted octanol–water partition coefficient (Wildman–Crippen LogP) is 1.25. The molecule has 2 atom stereocenters. The van der Waals surface area contributed by atoms with Gasteiger partial charge in [0.15, 0.2) is 0 Å². The molecule has 0 radical (unpaired) electrons. The molecule has 116 valence electrons. The third-order valence-corrected chi connectivity index (χ3v) is 3.42. The second kappa shape index (κ2) is 5.38. The van der Waals surface area contributed by atoms with Crippen LogP contribution >= 0.6 is 0 Å². The van der Waals surface area contributed by atoms with Gasteiger partial charge in [-0.25, -0.2) is 0 Å². The van der Waals surface area contributed by atoms with Crippen LogP contribution in [-0.2, 0) is 16.0 Å². The van der Waals surface area contributed by atoms with E-state index in [1.165, 1.54) is 6.07 Å². The van der Waals surface area contributed by atoms with Crippen molar-refractivity contribution in [3.8, 4) is 0 Å². The number of alkyl halides is 3. The van der Waals surface area contributed by atoms with E-state index in [4.69, 9.17) is 9.63 Å². The Hall–Kier alpha value is -2.06. The topological polar surface area (TPSA) is 83.6 Å². The summed E-state index contributed by atoms with van der Waals surface area (Å²) in [6.45, 7) is 0.530. The van der Waals surface area contributed by atoms with Gasteiger partial charge in [0.2, 0.25) is 5.91 Å². The SMILES string of the molecule is Cc1cc(CC(=O)N2C[C@@H](C(F)(F)F)[C@H](C(=O)O)C2)no1. The van der Waals surface area contributed by atoms with Crippen LogP contribution in [0, 0.1) is 18.8 Å². The van der Waals surface area contributed by atoms with Crippen LogP contribution < -0.4 is 0 Å². The normalized spacial score (nSPS) is 22.6. The number of carbonyl (C=O) groups excluding carboxylic acids is 1. The highest BCUT2D eigenvalue weighted by atomic mass is 19.4. The molecule has 0 spiro atoms. The lowest BCUT2D eigenvalue weighted by Crippen LogP contribution is -2.34. The van der Waals surface area contributed by atoms with Crippen LogP contribution in [0.1, 0.15) is 11.5 Å². The number of nitrogens with zero attached hydrogens (tertiary/aromatic N) is 2. The van der Waals surface area contributed by atoms with Crippen LogP contribution in [0.25, 0.3) is 0 Å². The summed E-state index contributed by atoms with van der Waals surface area (Å²) >= 11 is 0. The van der Waals surface area contributed by atoms with Gasteiger partial charge in [0.05, 0.1) is 24.0 Å². The highest BCUT2D eigenvalue weighted by Crippen LogP contribution is 2.37. The van der Waals surface area contributed by atoms with Crippen LogP contribution in [0.15, 0.2) is 10.6 Å². The van der Waals surface area contributed by atoms with Gasteiger partial charge in [0.25, 0.3) is 0 Å². The zero-order valence-corrected chi connectivity index (χ0v) is 11.1. The zero-order valence-electron chi connectivity index (χ0n) is 11.1. The number of rotatable bonds is 3. The maximum atomic E-state index is 12.8. The number of aromatic nitrogens is 1. The number of carboxylic acids is 1. The Kier molecular flexibility index (Phi) is 3.93. The van der Waals surface area contributed by atoms with Crippen molar-refractivity contribution >= 4 is 11.9 Å². The number of likely N-dealkylation sites (tertiary alicyclic amines) is 1. The molecule has 0 saturated carbocycles. The van der Waals surface area contributed by atoms with Gasteiger partial charge in [0.1, 0.15) is 5.76 Å². The predicted molar refractivity (Wildman–Crippen MR) is 62.2 cm³/mol. The number of carbonyl (C=O) groups is 2. The van der Waals surface area contributed by atoms with E-state index >= 15 is 0 Å². The molecule has 6 nitrogen and oxygen atoms in total. The monoisotopic (exact) mass is 306 g/mol. The first-order chi connectivity index (χ1) is 9.68. The van der Waals surface area contributed by atoms with Crippen molar-refractivity contribution in [1.29, 1.82) is 0 Å². The van der Waals surface area contributed by atoms with E-state index in [2.05, 4.69) is 5.16 Å². The number of halogens is 3. The Labute approximate surface area is 117 Å². The van der Waals surface area contributed by atoms with Crippen molar-refractivity contribution in [3.05, 3.63) is 17.5 Å². The lowest BCUT2D eigenvalue weighted by molar-refractivity contribution is -0.188. The van der Waals surface area contributed by atoms with Gasteiger partial charge in [0, 0.05) is 19.2 Å². The second-order valence-electron chi connectivity index (χ2n) is 5.00. The van der Waals surface area contributed by atoms with E-state index in [0.717, 1.165) is 4.90 Å². The summed E-state index contributed by atoms with van der Waals surface area (Å²) in [6.07, 6.45) is -4.86. The van der Waals surface area contributed by atoms with E-state index < -0.39 is 43.0 Å². The largest absolute Gasteiger partial charge is 0.481 e. The number of aliphatic carboxylic acids is 1. The summed E-state index contributed by atoms with van der Waals surface area (Å²) in [5, 5.41) is 12.5. The van der Waals surface area contributed by atoms with Crippen LogP contribution in [0.3, 0.4) is 0 Å². The summed E-state index contributed by atoms with van der Waals surface area (Å²) in [5.41, 5.74) is 0.305. The lowest BCUT2D eigenvalue weighted by atomic mass is 9.96. The van der Waals surface area contributed by atoms with Crippen molar-refractivity contribution in [3.63, 3.8) is 0 Å². The molecule has 1 aromatic heterocycles. The molecule has 2 heterocycles. The highest BCUT2D eigenvalue weighted by Gasteiger charge is 2.53. The lowest BCUT2D eigenvalue weighted by Gasteiger charge is -2.18. The fraction of sp³-hybridized carbons (Fsp3) is 0.583. The molecule has 1 aliphatic heterocycles. The van der Waals surface area contributed by atoms with Crippen LogP contribution in [-0.4, -0.2) is 46.3 Å². The molecule has 0 bridgehead atoms. The third-order valence-electron chi connectivity index (χ3n) is 3.42. The second-order valence-corrected chi connectivity index (χ2v) is 5.00. The molecule has 1 aliphatic rings. The molecular weight excluding hydrogens is 293 g/mol. The Morgan fingerprint density at radius 1 is 1.48 bits per heavy atom. The van der Waals surface area contributed by atoms with Crippen molar-refractivity contribution in [1.82, 2.24) is 10.1 Å². The van der Waals surface area contributed by atoms with E-state index in [0.29, 0.717) is 11.5 Å². The van der Waals surface area contributed by atoms with Gasteiger partial charge in [-0.05, 0) is 6.92 Å². The molecule has 2 rings (SSSR count). The van der Waals surface area contributed by atoms with Crippen molar-refractivity contribution < 1.29 is 32.4 Å². The Morgan fingerprint density at radius 2 is 2.14 bits per heavy atom. The van der Waals surface area contributed by atoms with Crippen molar-refractivity contribution in [2.45, 2.75) is 19.5 Å². The Morgan fingerprint density at radius 3 is 2.57 bits per heavy atom. The average molecular weight is 306 g/mol. The van der Waals surface area contributed by atoms with E-state index in [1.807, 2.05) is 0 Å². The highest BCUT2D eigenvalue weighted by molar-refractivity contribution is 5.80. The van der Waals surface area contributed by atoms with E-state index in [1.54, 1.807) is 6.92 Å². The molecule has 1 aromatic rings. The molecule has 9 heteroatoms. The summed E-state index contributed by atoms with van der Waals surface area (Å²) in [5.74, 6) is -5.34. The van der Waals surface area contributed by atoms with Crippen molar-refractivity contribution in [2.24, 2.45) is 11.8 Å². The molecule has 0 unspecified atom stereocenters. The number of aryl methyl sites for hydroxylation is 1. The molecule has 1 amide bonds. The molecule has 1 N–H and O–H groups in total. The molecule has 1 saturated heterocycles. The minimum Gasteiger partial charge on any atom is -0.481 e. The smallest absolute Gasteiger partial charge is 0.394 e. The minimum atomic E-state index is -4.65. The number of amides is 1. The zero-order chi connectivity index (χ0) is 15.8. The first-order valence-electron chi connectivity index (χ1n) is 6.18. The Bertz CT molecular complexity index is 555. The average Bonchev–Trinajstić information content (AvgIpc) is 2.94. The van der Waals surface area contributed by atoms with Crippen molar-refractivity contribution in [2.75, 3.05) is 13.1 Å². The molecule has 0 aromatic carbocycles. The van der Waals surface area contributed by atoms with E-state index in [9.17, 15) is 22.8 Å². The summed E-state index contributed by atoms with van der Waals surface area (Å²) in [4.78, 5) is 23.8. The van der Waals surface area contributed by atoms with Gasteiger partial charge in [-0.2, -0.15) is 13.2 Å². The molecule has 1 fully saturated rings. The minimum absolute atomic E-state index is 0.214. The molecule has 21 heavy (non-hydrogen) atoms. The first-order valence-corrected chi connectivity index (χ1v) is 6.18. The first kappa shape index (κ1) is 15.3. The fourth-order valence-corrected chi connectivity index (χ4v) is 2.36. The van der Waals surface area contributed by atoms with E-state index in [-0.39, 0.29) is 6.42 Å². The number of hydrogen-bond acceptors (Lipinski definition) is 4. The summed E-state index contributed by atoms with van der Waals surface area (Å²) < 4.78 is 43.2. The number of carboxylic acid groups (broad SMARTS) is 1. The van der Waals surface area contributed by atoms with Gasteiger partial charge in [-0.3, -0.25) is 9.59 Å². The number of hydrogen-bond donors (Lipinski definition) is 1. The van der Waals surface area contributed by atoms with Crippen LogP contribution in [0.2, 0.25) is 0 Å². The van der Waals surface area contributed by atoms with Gasteiger partial charge in [-0.1, -0.05) is 5.16 Å². The molecule has 0 aliphatic carbocycles. The quantitative estimate of drug-likeness (QED) is 0.908. The third kappa shape index (κ3) is 3.34. The molecular formula is C12H13F3N2O4. The van der Waals surface area contributed by atoms with Gasteiger partial charge < -0.3 is 14.5 Å². The van der Waals surface area contributed by atoms with Gasteiger partial charge >= 0.3 is 12.1 Å². The summed E-state index contributed by atoms with van der Waals surface area (Å²) in [7, 11) is 0. The Balaban J connectivity index is 2.08. The van der Waals surface area contributed by atoms with Crippen LogP contribution in [0.5, 0.6) is 0 Å².